The lowest BCUT2D eigenvalue weighted by Gasteiger charge is -2.16. The van der Waals surface area contributed by atoms with Crippen LogP contribution in [0.5, 0.6) is 0 Å². The highest BCUT2D eigenvalue weighted by Gasteiger charge is 2.26. The first-order valence-corrected chi connectivity index (χ1v) is 5.34. The van der Waals surface area contributed by atoms with Gasteiger partial charge in [0.2, 0.25) is 0 Å². The summed E-state index contributed by atoms with van der Waals surface area (Å²) < 4.78 is 0. The maximum Gasteiger partial charge on any atom is 0.256 e. The van der Waals surface area contributed by atoms with Crippen molar-refractivity contribution in [3.05, 3.63) is 23.0 Å². The van der Waals surface area contributed by atoms with Crippen LogP contribution < -0.4 is 5.73 Å². The van der Waals surface area contributed by atoms with Crippen molar-refractivity contribution in [2.45, 2.75) is 12.5 Å². The Kier molecular flexibility index (Phi) is 2.98. The molecule has 0 spiro atoms. The molecule has 3 N–H and O–H groups in total. The SMILES string of the molecule is Nc1cnc(Cl)cc1C(=O)N1CCC(O)C1. The van der Waals surface area contributed by atoms with Crippen LogP contribution in [0.15, 0.2) is 12.3 Å². The Balaban J connectivity index is 2.23. The van der Waals surface area contributed by atoms with Gasteiger partial charge in [-0.3, -0.25) is 4.79 Å². The number of β-amino-alcohol motifs (C(OH)–C–C–N with tert-alkyl or cyclic N) is 1. The highest BCUT2D eigenvalue weighted by atomic mass is 35.5. The van der Waals surface area contributed by atoms with Crippen molar-refractivity contribution in [1.82, 2.24) is 9.88 Å². The van der Waals surface area contributed by atoms with E-state index in [4.69, 9.17) is 17.3 Å². The zero-order chi connectivity index (χ0) is 11.7. The predicted octanol–water partition coefficient (Wildman–Crippen LogP) is 0.524. The van der Waals surface area contributed by atoms with Crippen molar-refractivity contribution in [2.24, 2.45) is 0 Å². The number of hydrogen-bond acceptors (Lipinski definition) is 4. The second kappa shape index (κ2) is 4.27. The number of nitrogens with two attached hydrogens (primary N) is 1. The van der Waals surface area contributed by atoms with Gasteiger partial charge in [0.05, 0.1) is 23.6 Å². The molecule has 5 nitrogen and oxygen atoms in total. The molecule has 0 bridgehead atoms. The third-order valence-corrected chi connectivity index (χ3v) is 2.79. The molecule has 0 saturated carbocycles. The fourth-order valence-electron chi connectivity index (χ4n) is 1.72. The minimum atomic E-state index is -0.442. The molecule has 1 fully saturated rings. The molecule has 0 aliphatic carbocycles. The van der Waals surface area contributed by atoms with E-state index < -0.39 is 6.10 Å². The molecule has 1 aliphatic rings. The molecule has 1 atom stereocenters. The minimum absolute atomic E-state index is 0.210. The van der Waals surface area contributed by atoms with E-state index in [9.17, 15) is 9.90 Å². The number of aromatic nitrogens is 1. The molecule has 16 heavy (non-hydrogen) atoms. The van der Waals surface area contributed by atoms with E-state index in [1.807, 2.05) is 0 Å². The van der Waals surface area contributed by atoms with E-state index in [-0.39, 0.29) is 11.1 Å². The van der Waals surface area contributed by atoms with Gasteiger partial charge in [0.25, 0.3) is 5.91 Å². The number of hydrogen-bond donors (Lipinski definition) is 2. The summed E-state index contributed by atoms with van der Waals surface area (Å²) in [5, 5.41) is 9.59. The minimum Gasteiger partial charge on any atom is -0.397 e. The highest BCUT2D eigenvalue weighted by molar-refractivity contribution is 6.29. The predicted molar refractivity (Wildman–Crippen MR) is 60.2 cm³/mol. The molecule has 1 amide bonds. The number of anilines is 1. The molecule has 6 heteroatoms. The first-order chi connectivity index (χ1) is 7.58. The molecule has 0 aromatic carbocycles. The molecule has 86 valence electrons. The average Bonchev–Trinajstić information content (AvgIpc) is 2.67. The fourth-order valence-corrected chi connectivity index (χ4v) is 1.88. The van der Waals surface area contributed by atoms with Crippen molar-refractivity contribution in [1.29, 1.82) is 0 Å². The monoisotopic (exact) mass is 241 g/mol. The molecule has 0 radical (unpaired) electrons. The highest BCUT2D eigenvalue weighted by Crippen LogP contribution is 2.19. The van der Waals surface area contributed by atoms with Crippen LogP contribution in [-0.2, 0) is 0 Å². The van der Waals surface area contributed by atoms with Gasteiger partial charge in [-0.25, -0.2) is 4.98 Å². The Morgan fingerprint density at radius 3 is 3.06 bits per heavy atom. The molecular weight excluding hydrogens is 230 g/mol. The summed E-state index contributed by atoms with van der Waals surface area (Å²) in [5.74, 6) is -0.210. The quantitative estimate of drug-likeness (QED) is 0.703. The Morgan fingerprint density at radius 2 is 2.44 bits per heavy atom. The lowest BCUT2D eigenvalue weighted by Crippen LogP contribution is -2.30. The Morgan fingerprint density at radius 1 is 1.69 bits per heavy atom. The molecule has 1 saturated heterocycles. The van der Waals surface area contributed by atoms with Crippen molar-refractivity contribution in [3.8, 4) is 0 Å². The van der Waals surface area contributed by atoms with Crippen LogP contribution in [0.4, 0.5) is 5.69 Å². The van der Waals surface area contributed by atoms with Crippen LogP contribution in [0.3, 0.4) is 0 Å². The fraction of sp³-hybridized carbons (Fsp3) is 0.400. The number of nitrogens with zero attached hydrogens (tertiary/aromatic N) is 2. The summed E-state index contributed by atoms with van der Waals surface area (Å²) in [7, 11) is 0. The van der Waals surface area contributed by atoms with Crippen LogP contribution in [0.2, 0.25) is 5.15 Å². The molecular formula is C10H12ClN3O2. The van der Waals surface area contributed by atoms with Crippen LogP contribution in [-0.4, -0.2) is 40.1 Å². The zero-order valence-corrected chi connectivity index (χ0v) is 9.31. The van der Waals surface area contributed by atoms with Gasteiger partial charge in [-0.15, -0.1) is 0 Å². The summed E-state index contributed by atoms with van der Waals surface area (Å²) in [4.78, 5) is 17.4. The lowest BCUT2D eigenvalue weighted by molar-refractivity contribution is 0.0766. The third kappa shape index (κ3) is 2.10. The number of rotatable bonds is 1. The molecule has 1 unspecified atom stereocenters. The number of pyridine rings is 1. The topological polar surface area (TPSA) is 79.5 Å². The largest absolute Gasteiger partial charge is 0.397 e. The maximum absolute atomic E-state index is 12.0. The Hall–Kier alpha value is -1.33. The van der Waals surface area contributed by atoms with E-state index in [1.54, 1.807) is 4.90 Å². The molecule has 1 aromatic rings. The normalized spacial score (nSPS) is 20.1. The summed E-state index contributed by atoms with van der Waals surface area (Å²) >= 11 is 5.71. The van der Waals surface area contributed by atoms with Crippen molar-refractivity contribution in [3.63, 3.8) is 0 Å². The number of halogens is 1. The molecule has 1 aromatic heterocycles. The van der Waals surface area contributed by atoms with Gasteiger partial charge in [0.1, 0.15) is 5.15 Å². The van der Waals surface area contributed by atoms with E-state index in [1.165, 1.54) is 12.3 Å². The lowest BCUT2D eigenvalue weighted by atomic mass is 10.2. The molecule has 2 heterocycles. The summed E-state index contributed by atoms with van der Waals surface area (Å²) in [6, 6.07) is 1.45. The second-order valence-corrected chi connectivity index (χ2v) is 4.18. The maximum atomic E-state index is 12.0. The van der Waals surface area contributed by atoms with Crippen molar-refractivity contribution >= 4 is 23.2 Å². The number of carbonyl (C=O) groups is 1. The van der Waals surface area contributed by atoms with Crippen molar-refractivity contribution < 1.29 is 9.90 Å². The summed E-state index contributed by atoms with van der Waals surface area (Å²) in [6.45, 7) is 0.887. The van der Waals surface area contributed by atoms with Crippen LogP contribution in [0.25, 0.3) is 0 Å². The van der Waals surface area contributed by atoms with Gasteiger partial charge in [0.15, 0.2) is 0 Å². The van der Waals surface area contributed by atoms with Crippen molar-refractivity contribution in [2.75, 3.05) is 18.8 Å². The van der Waals surface area contributed by atoms with Gasteiger partial charge < -0.3 is 15.7 Å². The number of aliphatic hydroxyl groups is 1. The Bertz CT molecular complexity index is 425. The average molecular weight is 242 g/mol. The van der Waals surface area contributed by atoms with Gasteiger partial charge in [-0.05, 0) is 12.5 Å². The van der Waals surface area contributed by atoms with Gasteiger partial charge >= 0.3 is 0 Å². The zero-order valence-electron chi connectivity index (χ0n) is 8.56. The van der Waals surface area contributed by atoms with Crippen LogP contribution >= 0.6 is 11.6 Å². The second-order valence-electron chi connectivity index (χ2n) is 3.79. The number of likely N-dealkylation sites (tertiary alicyclic amines) is 1. The number of amides is 1. The summed E-state index contributed by atoms with van der Waals surface area (Å²) in [6.07, 6.45) is 1.52. The van der Waals surface area contributed by atoms with E-state index in [0.29, 0.717) is 30.8 Å². The number of nitrogen functional groups attached to an aromatic ring is 1. The Labute approximate surface area is 97.8 Å². The van der Waals surface area contributed by atoms with Crippen LogP contribution in [0.1, 0.15) is 16.8 Å². The molecule has 1 aliphatic heterocycles. The third-order valence-electron chi connectivity index (χ3n) is 2.58. The van der Waals surface area contributed by atoms with E-state index in [0.717, 1.165) is 0 Å². The number of carbonyl (C=O) groups excluding carboxylic acids is 1. The summed E-state index contributed by atoms with van der Waals surface area (Å²) in [5.41, 5.74) is 6.30. The van der Waals surface area contributed by atoms with Gasteiger partial charge in [0, 0.05) is 13.1 Å². The van der Waals surface area contributed by atoms with Crippen LogP contribution in [0, 0.1) is 0 Å². The standard InChI is InChI=1S/C10H12ClN3O2/c11-9-3-7(8(12)4-13-9)10(16)14-2-1-6(15)5-14/h3-4,6,15H,1-2,5,12H2. The van der Waals surface area contributed by atoms with Gasteiger partial charge in [-0.1, -0.05) is 11.6 Å². The van der Waals surface area contributed by atoms with E-state index >= 15 is 0 Å². The van der Waals surface area contributed by atoms with Gasteiger partial charge in [-0.2, -0.15) is 0 Å². The first kappa shape index (κ1) is 11.2. The number of aliphatic hydroxyl groups excluding tert-OH is 1. The van der Waals surface area contributed by atoms with E-state index in [2.05, 4.69) is 4.98 Å². The smallest absolute Gasteiger partial charge is 0.256 e. The first-order valence-electron chi connectivity index (χ1n) is 4.96. The molecule has 2 rings (SSSR count).